The second-order valence-electron chi connectivity index (χ2n) is 4.63. The summed E-state index contributed by atoms with van der Waals surface area (Å²) >= 11 is 0. The van der Waals surface area contributed by atoms with Crippen LogP contribution in [0.3, 0.4) is 0 Å². The Hall–Kier alpha value is -2.41. The lowest BCUT2D eigenvalue weighted by Crippen LogP contribution is -2.23. The Kier molecular flexibility index (Phi) is 3.95. The van der Waals surface area contributed by atoms with E-state index in [2.05, 4.69) is 5.32 Å². The molecule has 2 aromatic rings. The molecule has 110 valence electrons. The number of nitrogens with two attached hydrogens (primary N) is 1. The quantitative estimate of drug-likeness (QED) is 0.880. The van der Waals surface area contributed by atoms with Crippen LogP contribution in [0.5, 0.6) is 0 Å². The van der Waals surface area contributed by atoms with Gasteiger partial charge < -0.3 is 11.1 Å². The van der Waals surface area contributed by atoms with Crippen molar-refractivity contribution in [2.75, 3.05) is 11.1 Å². The SMILES string of the molecule is CC(=O)Nc1ccc2cc(S(=O)(=O)CC(N)=O)ccc2c1. The molecule has 2 rings (SSSR count). The number of rotatable bonds is 4. The van der Waals surface area contributed by atoms with E-state index in [-0.39, 0.29) is 10.8 Å². The molecule has 0 unspecified atom stereocenters. The molecule has 21 heavy (non-hydrogen) atoms. The first-order valence-corrected chi connectivity index (χ1v) is 7.75. The van der Waals surface area contributed by atoms with E-state index in [4.69, 9.17) is 5.73 Å². The average Bonchev–Trinajstić information content (AvgIpc) is 2.35. The highest BCUT2D eigenvalue weighted by Crippen LogP contribution is 2.23. The largest absolute Gasteiger partial charge is 0.369 e. The lowest BCUT2D eigenvalue weighted by atomic mass is 10.1. The second kappa shape index (κ2) is 5.53. The predicted molar refractivity (Wildman–Crippen MR) is 79.5 cm³/mol. The molecule has 6 nitrogen and oxygen atoms in total. The molecule has 0 aromatic heterocycles. The van der Waals surface area contributed by atoms with Crippen LogP contribution in [0.1, 0.15) is 6.92 Å². The molecular weight excluding hydrogens is 292 g/mol. The molecule has 0 saturated heterocycles. The number of anilines is 1. The van der Waals surface area contributed by atoms with Gasteiger partial charge in [-0.05, 0) is 35.0 Å². The van der Waals surface area contributed by atoms with Gasteiger partial charge in [0.05, 0.1) is 4.90 Å². The fourth-order valence-corrected chi connectivity index (χ4v) is 3.09. The summed E-state index contributed by atoms with van der Waals surface area (Å²) in [5.41, 5.74) is 5.56. The van der Waals surface area contributed by atoms with Gasteiger partial charge in [-0.1, -0.05) is 12.1 Å². The Balaban J connectivity index is 2.44. The molecule has 0 spiro atoms. The zero-order valence-corrected chi connectivity index (χ0v) is 12.1. The van der Waals surface area contributed by atoms with Crippen LogP contribution >= 0.6 is 0 Å². The number of primary amides is 1. The minimum absolute atomic E-state index is 0.0427. The summed E-state index contributed by atoms with van der Waals surface area (Å²) in [6, 6.07) is 9.62. The molecule has 0 fully saturated rings. The van der Waals surface area contributed by atoms with E-state index in [0.717, 1.165) is 5.39 Å². The van der Waals surface area contributed by atoms with E-state index in [0.29, 0.717) is 11.1 Å². The Morgan fingerprint density at radius 2 is 1.71 bits per heavy atom. The third-order valence-corrected chi connectivity index (χ3v) is 4.46. The van der Waals surface area contributed by atoms with Crippen LogP contribution in [0.15, 0.2) is 41.3 Å². The van der Waals surface area contributed by atoms with E-state index >= 15 is 0 Å². The van der Waals surface area contributed by atoms with Crippen molar-refractivity contribution in [3.05, 3.63) is 36.4 Å². The Morgan fingerprint density at radius 3 is 2.33 bits per heavy atom. The standard InChI is InChI=1S/C14H14N2O4S/c1-9(17)16-12-4-2-11-7-13(5-3-10(11)6-12)21(19,20)8-14(15)18/h2-7H,8H2,1H3,(H2,15,18)(H,16,17). The number of carbonyl (C=O) groups excluding carboxylic acids is 2. The molecule has 0 aliphatic rings. The predicted octanol–water partition coefficient (Wildman–Crippen LogP) is 1.06. The summed E-state index contributed by atoms with van der Waals surface area (Å²) in [6.07, 6.45) is 0. The van der Waals surface area contributed by atoms with Gasteiger partial charge in [0.15, 0.2) is 9.84 Å². The van der Waals surface area contributed by atoms with Crippen molar-refractivity contribution in [2.45, 2.75) is 11.8 Å². The number of benzene rings is 2. The van der Waals surface area contributed by atoms with Crippen LogP contribution in [-0.2, 0) is 19.4 Å². The van der Waals surface area contributed by atoms with Gasteiger partial charge in [-0.15, -0.1) is 0 Å². The van der Waals surface area contributed by atoms with Gasteiger partial charge in [-0.25, -0.2) is 8.42 Å². The minimum Gasteiger partial charge on any atom is -0.369 e. The third kappa shape index (κ3) is 3.57. The summed E-state index contributed by atoms with van der Waals surface area (Å²) in [5, 5.41) is 4.12. The maximum Gasteiger partial charge on any atom is 0.233 e. The molecule has 0 heterocycles. The normalized spacial score (nSPS) is 11.3. The molecule has 2 aromatic carbocycles. The molecule has 0 radical (unpaired) electrons. The number of carbonyl (C=O) groups is 2. The van der Waals surface area contributed by atoms with Crippen LogP contribution in [0.25, 0.3) is 10.8 Å². The van der Waals surface area contributed by atoms with Gasteiger partial charge in [0.1, 0.15) is 5.75 Å². The summed E-state index contributed by atoms with van der Waals surface area (Å²) in [7, 11) is -3.72. The number of nitrogens with one attached hydrogen (secondary N) is 1. The number of hydrogen-bond donors (Lipinski definition) is 2. The Labute approximate surface area is 121 Å². The first kappa shape index (κ1) is 15.0. The van der Waals surface area contributed by atoms with Crippen LogP contribution in [0.2, 0.25) is 0 Å². The van der Waals surface area contributed by atoms with Gasteiger partial charge in [0.2, 0.25) is 11.8 Å². The summed E-state index contributed by atoms with van der Waals surface area (Å²) in [5.74, 6) is -1.80. The lowest BCUT2D eigenvalue weighted by molar-refractivity contribution is -0.116. The fourth-order valence-electron chi connectivity index (χ4n) is 1.97. The van der Waals surface area contributed by atoms with Gasteiger partial charge in [0, 0.05) is 12.6 Å². The first-order valence-electron chi connectivity index (χ1n) is 6.10. The van der Waals surface area contributed by atoms with Crippen LogP contribution in [-0.4, -0.2) is 26.0 Å². The average molecular weight is 306 g/mol. The molecule has 0 bridgehead atoms. The van der Waals surface area contributed by atoms with Gasteiger partial charge in [0.25, 0.3) is 0 Å². The summed E-state index contributed by atoms with van der Waals surface area (Å²) in [6.45, 7) is 1.41. The smallest absolute Gasteiger partial charge is 0.233 e. The van der Waals surface area contributed by atoms with Crippen molar-refractivity contribution in [1.82, 2.24) is 0 Å². The highest BCUT2D eigenvalue weighted by molar-refractivity contribution is 7.92. The van der Waals surface area contributed by atoms with Crippen molar-refractivity contribution in [1.29, 1.82) is 0 Å². The van der Waals surface area contributed by atoms with Crippen molar-refractivity contribution < 1.29 is 18.0 Å². The maximum absolute atomic E-state index is 11.9. The van der Waals surface area contributed by atoms with Crippen molar-refractivity contribution in [3.8, 4) is 0 Å². The van der Waals surface area contributed by atoms with Crippen LogP contribution in [0.4, 0.5) is 5.69 Å². The van der Waals surface area contributed by atoms with E-state index in [1.807, 2.05) is 0 Å². The summed E-state index contributed by atoms with van der Waals surface area (Å²) in [4.78, 5) is 21.8. The van der Waals surface area contributed by atoms with Crippen LogP contribution < -0.4 is 11.1 Å². The van der Waals surface area contributed by atoms with E-state index in [9.17, 15) is 18.0 Å². The number of fused-ring (bicyclic) bond motifs is 1. The number of hydrogen-bond acceptors (Lipinski definition) is 4. The fraction of sp³-hybridized carbons (Fsp3) is 0.143. The van der Waals surface area contributed by atoms with Crippen molar-refractivity contribution in [2.24, 2.45) is 5.73 Å². The Morgan fingerprint density at radius 1 is 1.10 bits per heavy atom. The molecule has 0 saturated carbocycles. The summed E-state index contributed by atoms with van der Waals surface area (Å²) < 4.78 is 23.9. The molecule has 7 heteroatoms. The van der Waals surface area contributed by atoms with Gasteiger partial charge in [-0.2, -0.15) is 0 Å². The zero-order chi connectivity index (χ0) is 15.6. The van der Waals surface area contributed by atoms with Crippen molar-refractivity contribution in [3.63, 3.8) is 0 Å². The molecular formula is C14H14N2O4S. The molecule has 0 aliphatic heterocycles. The first-order chi connectivity index (χ1) is 9.78. The topological polar surface area (TPSA) is 106 Å². The molecule has 3 N–H and O–H groups in total. The second-order valence-corrected chi connectivity index (χ2v) is 6.62. The van der Waals surface area contributed by atoms with Crippen molar-refractivity contribution >= 4 is 38.1 Å². The Bertz CT molecular complexity index is 828. The van der Waals surface area contributed by atoms with Gasteiger partial charge in [-0.3, -0.25) is 9.59 Å². The molecule has 0 atom stereocenters. The van der Waals surface area contributed by atoms with Crippen LogP contribution in [0, 0.1) is 0 Å². The molecule has 0 aliphatic carbocycles. The zero-order valence-electron chi connectivity index (χ0n) is 11.3. The highest BCUT2D eigenvalue weighted by atomic mass is 32.2. The third-order valence-electron chi connectivity index (χ3n) is 2.82. The minimum atomic E-state index is -3.72. The van der Waals surface area contributed by atoms with E-state index < -0.39 is 21.5 Å². The van der Waals surface area contributed by atoms with E-state index in [1.54, 1.807) is 24.3 Å². The molecule has 2 amide bonds. The van der Waals surface area contributed by atoms with E-state index in [1.165, 1.54) is 19.1 Å². The monoisotopic (exact) mass is 306 g/mol. The number of amides is 2. The lowest BCUT2D eigenvalue weighted by Gasteiger charge is -2.07. The van der Waals surface area contributed by atoms with Gasteiger partial charge >= 0.3 is 0 Å². The maximum atomic E-state index is 11.9. The number of sulfone groups is 1. The highest BCUT2D eigenvalue weighted by Gasteiger charge is 2.17.